The van der Waals surface area contributed by atoms with E-state index in [0.717, 1.165) is 18.2 Å². The fourth-order valence-corrected chi connectivity index (χ4v) is 3.83. The molecule has 1 amide bonds. The third kappa shape index (κ3) is 2.41. The minimum absolute atomic E-state index is 0.145. The third-order valence-corrected chi connectivity index (χ3v) is 4.80. The highest BCUT2D eigenvalue weighted by molar-refractivity contribution is 6.06. The van der Waals surface area contributed by atoms with Gasteiger partial charge in [0.15, 0.2) is 0 Å². The van der Waals surface area contributed by atoms with Crippen molar-refractivity contribution in [2.75, 3.05) is 0 Å². The summed E-state index contributed by atoms with van der Waals surface area (Å²) in [7, 11) is 0. The number of fused-ring (bicyclic) bond motifs is 3. The Morgan fingerprint density at radius 1 is 1.14 bits per heavy atom. The van der Waals surface area contributed by atoms with E-state index in [1.165, 1.54) is 18.9 Å². The van der Waals surface area contributed by atoms with E-state index in [0.29, 0.717) is 23.2 Å². The standard InChI is InChI=1S/C17H19N3O2/c21-16-9-14(13-3-1-2-4-15(13)20-16)17(22)19-12-7-10-5-6-11(8-12)18-10/h1-4,9-12,18H,5-8H2,(H,19,22)(H,20,21). The summed E-state index contributed by atoms with van der Waals surface area (Å²) in [6, 6.07) is 10.1. The van der Waals surface area contributed by atoms with E-state index < -0.39 is 0 Å². The zero-order chi connectivity index (χ0) is 15.1. The number of hydrogen-bond acceptors (Lipinski definition) is 3. The molecule has 2 aliphatic heterocycles. The molecule has 0 aliphatic carbocycles. The third-order valence-electron chi connectivity index (χ3n) is 4.80. The van der Waals surface area contributed by atoms with E-state index in [-0.39, 0.29) is 17.5 Å². The molecule has 2 aromatic rings. The minimum atomic E-state index is -0.241. The first-order chi connectivity index (χ1) is 10.7. The number of aromatic amines is 1. The van der Waals surface area contributed by atoms with Crippen molar-refractivity contribution in [3.05, 3.63) is 46.2 Å². The Balaban J connectivity index is 1.61. The molecule has 3 N–H and O–H groups in total. The van der Waals surface area contributed by atoms with E-state index in [4.69, 9.17) is 0 Å². The predicted octanol–water partition coefficient (Wildman–Crippen LogP) is 1.54. The molecular weight excluding hydrogens is 278 g/mol. The van der Waals surface area contributed by atoms with Crippen LogP contribution >= 0.6 is 0 Å². The highest BCUT2D eigenvalue weighted by atomic mass is 16.2. The largest absolute Gasteiger partial charge is 0.349 e. The number of rotatable bonds is 2. The summed E-state index contributed by atoms with van der Waals surface area (Å²) in [5.41, 5.74) is 0.921. The van der Waals surface area contributed by atoms with Crippen LogP contribution in [-0.2, 0) is 0 Å². The normalized spacial score (nSPS) is 27.0. The molecule has 0 saturated carbocycles. The average molecular weight is 297 g/mol. The van der Waals surface area contributed by atoms with Gasteiger partial charge >= 0.3 is 0 Å². The van der Waals surface area contributed by atoms with Crippen molar-refractivity contribution in [2.45, 2.75) is 43.8 Å². The minimum Gasteiger partial charge on any atom is -0.349 e. The molecule has 2 aliphatic rings. The highest BCUT2D eigenvalue weighted by Gasteiger charge is 2.34. The molecular formula is C17H19N3O2. The lowest BCUT2D eigenvalue weighted by atomic mass is 9.99. The summed E-state index contributed by atoms with van der Waals surface area (Å²) >= 11 is 0. The topological polar surface area (TPSA) is 74.0 Å². The number of piperidine rings is 1. The summed E-state index contributed by atoms with van der Waals surface area (Å²) in [6.07, 6.45) is 4.35. The first-order valence-corrected chi connectivity index (χ1v) is 7.88. The first-order valence-electron chi connectivity index (χ1n) is 7.88. The Kier molecular flexibility index (Phi) is 3.22. The van der Waals surface area contributed by atoms with Crippen molar-refractivity contribution in [2.24, 2.45) is 0 Å². The quantitative estimate of drug-likeness (QED) is 0.787. The summed E-state index contributed by atoms with van der Waals surface area (Å²) in [5, 5.41) is 7.48. The molecule has 2 bridgehead atoms. The second-order valence-corrected chi connectivity index (χ2v) is 6.37. The van der Waals surface area contributed by atoms with Crippen molar-refractivity contribution < 1.29 is 4.79 Å². The predicted molar refractivity (Wildman–Crippen MR) is 85.0 cm³/mol. The number of amides is 1. The number of benzene rings is 1. The van der Waals surface area contributed by atoms with Gasteiger partial charge in [-0.3, -0.25) is 9.59 Å². The van der Waals surface area contributed by atoms with Crippen LogP contribution in [0, 0.1) is 0 Å². The molecule has 5 nitrogen and oxygen atoms in total. The lowest BCUT2D eigenvalue weighted by Crippen LogP contribution is -2.48. The van der Waals surface area contributed by atoms with Crippen molar-refractivity contribution in [1.82, 2.24) is 15.6 Å². The van der Waals surface area contributed by atoms with E-state index in [1.807, 2.05) is 24.3 Å². The Morgan fingerprint density at radius 3 is 2.64 bits per heavy atom. The Hall–Kier alpha value is -2.14. The van der Waals surface area contributed by atoms with Crippen LogP contribution < -0.4 is 16.2 Å². The zero-order valence-electron chi connectivity index (χ0n) is 12.3. The molecule has 3 heterocycles. The summed E-state index contributed by atoms with van der Waals surface area (Å²) < 4.78 is 0. The van der Waals surface area contributed by atoms with E-state index in [2.05, 4.69) is 15.6 Å². The molecule has 2 unspecified atom stereocenters. The smallest absolute Gasteiger partial charge is 0.252 e. The summed E-state index contributed by atoms with van der Waals surface area (Å²) in [5.74, 6) is -0.145. The van der Waals surface area contributed by atoms with Crippen LogP contribution in [0.3, 0.4) is 0 Å². The van der Waals surface area contributed by atoms with Gasteiger partial charge < -0.3 is 15.6 Å². The molecule has 2 atom stereocenters. The second-order valence-electron chi connectivity index (χ2n) is 6.37. The molecule has 0 spiro atoms. The second kappa shape index (κ2) is 5.25. The van der Waals surface area contributed by atoms with Gasteiger partial charge in [0.2, 0.25) is 5.56 Å². The number of pyridine rings is 1. The molecule has 0 radical (unpaired) electrons. The molecule has 2 saturated heterocycles. The zero-order valence-corrected chi connectivity index (χ0v) is 12.3. The van der Waals surface area contributed by atoms with Crippen LogP contribution in [0.15, 0.2) is 35.1 Å². The van der Waals surface area contributed by atoms with Crippen LogP contribution in [0.5, 0.6) is 0 Å². The van der Waals surface area contributed by atoms with E-state index in [9.17, 15) is 9.59 Å². The first kappa shape index (κ1) is 13.5. The van der Waals surface area contributed by atoms with Gasteiger partial charge in [-0.1, -0.05) is 18.2 Å². The Labute approximate surface area is 128 Å². The molecule has 1 aromatic carbocycles. The molecule has 2 fully saturated rings. The van der Waals surface area contributed by atoms with E-state index in [1.54, 1.807) is 0 Å². The number of hydrogen-bond donors (Lipinski definition) is 3. The fourth-order valence-electron chi connectivity index (χ4n) is 3.83. The van der Waals surface area contributed by atoms with Crippen LogP contribution in [0.25, 0.3) is 10.9 Å². The monoisotopic (exact) mass is 297 g/mol. The van der Waals surface area contributed by atoms with Gasteiger partial charge in [-0.25, -0.2) is 0 Å². The number of nitrogens with one attached hydrogen (secondary N) is 3. The maximum absolute atomic E-state index is 12.6. The van der Waals surface area contributed by atoms with Gasteiger partial charge in [0, 0.05) is 35.1 Å². The highest BCUT2D eigenvalue weighted by Crippen LogP contribution is 2.27. The number of aromatic nitrogens is 1. The fraction of sp³-hybridized carbons (Fsp3) is 0.412. The van der Waals surface area contributed by atoms with Crippen molar-refractivity contribution >= 4 is 16.8 Å². The maximum atomic E-state index is 12.6. The van der Waals surface area contributed by atoms with Gasteiger partial charge in [0.25, 0.3) is 5.91 Å². The number of para-hydroxylation sites is 1. The molecule has 5 heteroatoms. The SMILES string of the molecule is O=C(NC1CC2CCC(C1)N2)c1cc(=O)[nH]c2ccccc12. The van der Waals surface area contributed by atoms with Crippen LogP contribution in [0.2, 0.25) is 0 Å². The molecule has 1 aromatic heterocycles. The van der Waals surface area contributed by atoms with Gasteiger partial charge in [0.1, 0.15) is 0 Å². The molecule has 114 valence electrons. The van der Waals surface area contributed by atoms with Gasteiger partial charge in [0.05, 0.1) is 5.56 Å². The van der Waals surface area contributed by atoms with Crippen LogP contribution in [-0.4, -0.2) is 29.0 Å². The molecule has 22 heavy (non-hydrogen) atoms. The van der Waals surface area contributed by atoms with Gasteiger partial charge in [-0.15, -0.1) is 0 Å². The van der Waals surface area contributed by atoms with Crippen molar-refractivity contribution in [1.29, 1.82) is 0 Å². The van der Waals surface area contributed by atoms with Crippen molar-refractivity contribution in [3.63, 3.8) is 0 Å². The summed E-state index contributed by atoms with van der Waals surface area (Å²) in [6.45, 7) is 0. The van der Waals surface area contributed by atoms with Crippen LogP contribution in [0.1, 0.15) is 36.0 Å². The maximum Gasteiger partial charge on any atom is 0.252 e. The van der Waals surface area contributed by atoms with Gasteiger partial charge in [-0.2, -0.15) is 0 Å². The molecule has 4 rings (SSSR count). The van der Waals surface area contributed by atoms with Crippen LogP contribution in [0.4, 0.5) is 0 Å². The lowest BCUT2D eigenvalue weighted by molar-refractivity contribution is 0.0925. The number of H-pyrrole nitrogens is 1. The Morgan fingerprint density at radius 2 is 1.86 bits per heavy atom. The van der Waals surface area contributed by atoms with E-state index >= 15 is 0 Å². The number of carbonyl (C=O) groups excluding carboxylic acids is 1. The van der Waals surface area contributed by atoms with Gasteiger partial charge in [-0.05, 0) is 31.7 Å². The number of carbonyl (C=O) groups is 1. The van der Waals surface area contributed by atoms with Crippen molar-refractivity contribution in [3.8, 4) is 0 Å². The Bertz CT molecular complexity index is 771. The summed E-state index contributed by atoms with van der Waals surface area (Å²) in [4.78, 5) is 27.2. The lowest BCUT2D eigenvalue weighted by Gasteiger charge is -2.29. The average Bonchev–Trinajstić information content (AvgIpc) is 2.85.